The van der Waals surface area contributed by atoms with Crippen LogP contribution in [-0.2, 0) is 4.74 Å². The Balaban J connectivity index is 2.41. The first-order chi connectivity index (χ1) is 4.60. The lowest BCUT2D eigenvalue weighted by atomic mass is 10.1. The lowest BCUT2D eigenvalue weighted by molar-refractivity contribution is -0.0353. The molecule has 1 rings (SSSR count). The Labute approximate surface area is 61.4 Å². The number of rotatable bonds is 0. The van der Waals surface area contributed by atoms with Crippen molar-refractivity contribution >= 4 is 0 Å². The maximum absolute atomic E-state index is 9.48. The molecular weight excluding hydrogens is 130 g/mol. The summed E-state index contributed by atoms with van der Waals surface area (Å²) in [4.78, 5) is 0. The molecule has 1 aliphatic heterocycles. The van der Waals surface area contributed by atoms with E-state index in [9.17, 15) is 5.11 Å². The van der Waals surface area contributed by atoms with Crippen molar-refractivity contribution in [1.29, 1.82) is 0 Å². The van der Waals surface area contributed by atoms with Crippen LogP contribution in [0.25, 0.3) is 0 Å². The summed E-state index contributed by atoms with van der Waals surface area (Å²) in [5, 5.41) is 12.6. The van der Waals surface area contributed by atoms with Gasteiger partial charge in [0.05, 0.1) is 18.3 Å². The number of nitrogens with one attached hydrogen (secondary N) is 1. The number of hydrogen-bond acceptors (Lipinski definition) is 3. The van der Waals surface area contributed by atoms with Gasteiger partial charge in [-0.05, 0) is 13.8 Å². The van der Waals surface area contributed by atoms with Crippen molar-refractivity contribution in [3.8, 4) is 0 Å². The Bertz CT molecular complexity index is 114. The first-order valence-corrected chi connectivity index (χ1v) is 3.65. The predicted octanol–water partition coefficient (Wildman–Crippen LogP) is -0.254. The van der Waals surface area contributed by atoms with Crippen LogP contribution >= 0.6 is 0 Å². The van der Waals surface area contributed by atoms with E-state index < -0.39 is 5.60 Å². The molecule has 0 radical (unpaired) electrons. The van der Waals surface area contributed by atoms with Crippen LogP contribution in [-0.4, -0.2) is 36.5 Å². The first kappa shape index (κ1) is 7.98. The molecule has 1 saturated heterocycles. The number of β-amino-alcohol motifs (C(OH)–C–C–N with tert-alkyl or cyclic N) is 1. The van der Waals surface area contributed by atoms with Crippen LogP contribution in [0.15, 0.2) is 0 Å². The summed E-state index contributed by atoms with van der Waals surface area (Å²) in [6, 6.07) is 0. The highest BCUT2D eigenvalue weighted by molar-refractivity contribution is 4.78. The third kappa shape index (κ3) is 2.25. The van der Waals surface area contributed by atoms with E-state index in [1.54, 1.807) is 6.92 Å². The monoisotopic (exact) mass is 145 g/mol. The summed E-state index contributed by atoms with van der Waals surface area (Å²) < 4.78 is 5.31. The topological polar surface area (TPSA) is 41.5 Å². The SMILES string of the molecule is C[C@@H]1CNCC(C)(O)CO1. The molecule has 0 spiro atoms. The number of ether oxygens (including phenoxy) is 1. The van der Waals surface area contributed by atoms with Crippen molar-refractivity contribution in [2.45, 2.75) is 25.6 Å². The minimum Gasteiger partial charge on any atom is -0.386 e. The molecule has 10 heavy (non-hydrogen) atoms. The molecule has 1 heterocycles. The van der Waals surface area contributed by atoms with Gasteiger partial charge in [0.25, 0.3) is 0 Å². The average molecular weight is 145 g/mol. The third-order valence-corrected chi connectivity index (χ3v) is 1.62. The summed E-state index contributed by atoms with van der Waals surface area (Å²) in [7, 11) is 0. The number of aliphatic hydroxyl groups is 1. The van der Waals surface area contributed by atoms with E-state index in [1.165, 1.54) is 0 Å². The Morgan fingerprint density at radius 2 is 2.40 bits per heavy atom. The van der Waals surface area contributed by atoms with Gasteiger partial charge >= 0.3 is 0 Å². The molecule has 1 fully saturated rings. The van der Waals surface area contributed by atoms with Gasteiger partial charge in [0.15, 0.2) is 0 Å². The van der Waals surface area contributed by atoms with Crippen molar-refractivity contribution in [1.82, 2.24) is 5.32 Å². The second-order valence-corrected chi connectivity index (χ2v) is 3.25. The van der Waals surface area contributed by atoms with Gasteiger partial charge in [0, 0.05) is 13.1 Å². The van der Waals surface area contributed by atoms with Crippen molar-refractivity contribution in [2.75, 3.05) is 19.7 Å². The Kier molecular flexibility index (Phi) is 2.28. The van der Waals surface area contributed by atoms with Crippen LogP contribution in [0.4, 0.5) is 0 Å². The highest BCUT2D eigenvalue weighted by Crippen LogP contribution is 2.07. The second kappa shape index (κ2) is 2.86. The zero-order valence-electron chi connectivity index (χ0n) is 6.55. The van der Waals surface area contributed by atoms with E-state index in [2.05, 4.69) is 5.32 Å². The van der Waals surface area contributed by atoms with Gasteiger partial charge in [-0.1, -0.05) is 0 Å². The van der Waals surface area contributed by atoms with Crippen LogP contribution in [0, 0.1) is 0 Å². The molecule has 0 aromatic rings. The fourth-order valence-corrected chi connectivity index (χ4v) is 0.976. The maximum Gasteiger partial charge on any atom is 0.0975 e. The van der Waals surface area contributed by atoms with E-state index in [0.717, 1.165) is 6.54 Å². The quantitative estimate of drug-likeness (QED) is 0.493. The highest BCUT2D eigenvalue weighted by atomic mass is 16.5. The largest absolute Gasteiger partial charge is 0.386 e. The molecule has 0 amide bonds. The molecule has 0 saturated carbocycles. The molecule has 1 unspecified atom stereocenters. The predicted molar refractivity (Wildman–Crippen MR) is 38.9 cm³/mol. The van der Waals surface area contributed by atoms with Gasteiger partial charge < -0.3 is 15.2 Å². The fourth-order valence-electron chi connectivity index (χ4n) is 0.976. The lowest BCUT2D eigenvalue weighted by Crippen LogP contribution is -2.38. The fraction of sp³-hybridized carbons (Fsp3) is 1.00. The Morgan fingerprint density at radius 1 is 1.70 bits per heavy atom. The maximum atomic E-state index is 9.48. The summed E-state index contributed by atoms with van der Waals surface area (Å²) in [5.74, 6) is 0. The average Bonchev–Trinajstić information content (AvgIpc) is 1.94. The van der Waals surface area contributed by atoms with Gasteiger partial charge in [-0.3, -0.25) is 0 Å². The van der Waals surface area contributed by atoms with Crippen LogP contribution in [0.2, 0.25) is 0 Å². The minimum atomic E-state index is -0.690. The van der Waals surface area contributed by atoms with Crippen LogP contribution in [0.3, 0.4) is 0 Å². The van der Waals surface area contributed by atoms with Gasteiger partial charge in [0.2, 0.25) is 0 Å². The standard InChI is InChI=1S/C7H15NO2/c1-6-3-8-4-7(2,9)5-10-6/h6,8-9H,3-5H2,1-2H3/t6-,7?/m1/s1. The summed E-state index contributed by atoms with van der Waals surface area (Å²) >= 11 is 0. The number of hydrogen-bond donors (Lipinski definition) is 2. The van der Waals surface area contributed by atoms with Crippen molar-refractivity contribution < 1.29 is 9.84 Å². The molecule has 1 aliphatic rings. The Hall–Kier alpha value is -0.120. The molecule has 0 bridgehead atoms. The summed E-state index contributed by atoms with van der Waals surface area (Å²) in [5.41, 5.74) is -0.690. The summed E-state index contributed by atoms with van der Waals surface area (Å²) in [6.45, 7) is 5.65. The van der Waals surface area contributed by atoms with E-state index in [4.69, 9.17) is 4.74 Å². The molecule has 0 aromatic heterocycles. The minimum absolute atomic E-state index is 0.217. The lowest BCUT2D eigenvalue weighted by Gasteiger charge is -2.19. The van der Waals surface area contributed by atoms with E-state index in [-0.39, 0.29) is 6.10 Å². The van der Waals surface area contributed by atoms with E-state index in [0.29, 0.717) is 13.2 Å². The highest BCUT2D eigenvalue weighted by Gasteiger charge is 2.24. The molecule has 60 valence electrons. The zero-order valence-corrected chi connectivity index (χ0v) is 6.55. The molecule has 0 aliphatic carbocycles. The zero-order chi connectivity index (χ0) is 7.61. The molecule has 3 nitrogen and oxygen atoms in total. The van der Waals surface area contributed by atoms with E-state index in [1.807, 2.05) is 6.92 Å². The molecule has 0 aromatic carbocycles. The van der Waals surface area contributed by atoms with Crippen LogP contribution in [0.1, 0.15) is 13.8 Å². The van der Waals surface area contributed by atoms with Gasteiger partial charge in [-0.2, -0.15) is 0 Å². The molecule has 3 heteroatoms. The van der Waals surface area contributed by atoms with E-state index >= 15 is 0 Å². The third-order valence-electron chi connectivity index (χ3n) is 1.62. The summed E-state index contributed by atoms with van der Waals surface area (Å²) in [6.07, 6.45) is 0.217. The van der Waals surface area contributed by atoms with Gasteiger partial charge in [-0.15, -0.1) is 0 Å². The second-order valence-electron chi connectivity index (χ2n) is 3.25. The normalized spacial score (nSPS) is 42.9. The van der Waals surface area contributed by atoms with Crippen molar-refractivity contribution in [2.24, 2.45) is 0 Å². The van der Waals surface area contributed by atoms with Gasteiger partial charge in [0.1, 0.15) is 0 Å². The van der Waals surface area contributed by atoms with Crippen molar-refractivity contribution in [3.05, 3.63) is 0 Å². The molecule has 2 N–H and O–H groups in total. The van der Waals surface area contributed by atoms with Gasteiger partial charge in [-0.25, -0.2) is 0 Å². The first-order valence-electron chi connectivity index (χ1n) is 3.65. The smallest absolute Gasteiger partial charge is 0.0975 e. The Morgan fingerprint density at radius 3 is 3.10 bits per heavy atom. The van der Waals surface area contributed by atoms with Crippen LogP contribution in [0.5, 0.6) is 0 Å². The van der Waals surface area contributed by atoms with Crippen molar-refractivity contribution in [3.63, 3.8) is 0 Å². The molecule has 2 atom stereocenters. The molecular formula is C7H15NO2. The van der Waals surface area contributed by atoms with Crippen LogP contribution < -0.4 is 5.32 Å².